The van der Waals surface area contributed by atoms with Gasteiger partial charge >= 0.3 is 0 Å². The molecule has 0 saturated heterocycles. The third-order valence-electron chi connectivity index (χ3n) is 4.02. The van der Waals surface area contributed by atoms with Crippen molar-refractivity contribution >= 4 is 23.2 Å². The molecule has 0 atom stereocenters. The van der Waals surface area contributed by atoms with E-state index in [-0.39, 0.29) is 17.5 Å². The number of anilines is 3. The molecule has 7 heteroatoms. The SMILES string of the molecule is COc1ccc(Nc2nccc(C(=O)Nc3cc(C)cc(C)c3)n2)c(OC)c1. The predicted molar refractivity (Wildman–Crippen MR) is 109 cm³/mol. The predicted octanol–water partition coefficient (Wildman–Crippen LogP) is 4.11. The van der Waals surface area contributed by atoms with Crippen LogP contribution in [0.25, 0.3) is 0 Å². The number of methoxy groups -OCH3 is 2. The number of benzene rings is 2. The number of nitrogens with one attached hydrogen (secondary N) is 2. The Labute approximate surface area is 163 Å². The zero-order valence-corrected chi connectivity index (χ0v) is 16.2. The summed E-state index contributed by atoms with van der Waals surface area (Å²) in [5.74, 6) is 1.23. The van der Waals surface area contributed by atoms with Crippen LogP contribution >= 0.6 is 0 Å². The molecule has 1 amide bonds. The molecule has 3 aromatic rings. The molecule has 1 aromatic heterocycles. The highest BCUT2D eigenvalue weighted by Crippen LogP contribution is 2.30. The topological polar surface area (TPSA) is 85.4 Å². The zero-order chi connectivity index (χ0) is 20.1. The van der Waals surface area contributed by atoms with Crippen LogP contribution in [0.2, 0.25) is 0 Å². The Bertz CT molecular complexity index is 984. The summed E-state index contributed by atoms with van der Waals surface area (Å²) in [4.78, 5) is 21.1. The average Bonchev–Trinajstić information content (AvgIpc) is 2.67. The number of carbonyl (C=O) groups is 1. The van der Waals surface area contributed by atoms with Crippen LogP contribution in [0, 0.1) is 13.8 Å². The van der Waals surface area contributed by atoms with E-state index in [4.69, 9.17) is 9.47 Å². The quantitative estimate of drug-likeness (QED) is 0.671. The first-order valence-corrected chi connectivity index (χ1v) is 8.70. The second-order valence-corrected chi connectivity index (χ2v) is 6.29. The molecule has 0 aliphatic heterocycles. The summed E-state index contributed by atoms with van der Waals surface area (Å²) in [6.07, 6.45) is 1.53. The molecule has 2 N–H and O–H groups in total. The van der Waals surface area contributed by atoms with E-state index in [0.29, 0.717) is 17.2 Å². The molecule has 0 spiro atoms. The molecule has 3 rings (SSSR count). The number of rotatable bonds is 6. The molecule has 0 unspecified atom stereocenters. The Morgan fingerprint density at radius 2 is 1.71 bits per heavy atom. The Kier molecular flexibility index (Phi) is 5.74. The van der Waals surface area contributed by atoms with Crippen molar-refractivity contribution in [3.05, 3.63) is 65.5 Å². The standard InChI is InChI=1S/C21H22N4O3/c1-13-9-14(2)11-15(10-13)23-20(26)18-7-8-22-21(25-18)24-17-6-5-16(27-3)12-19(17)28-4/h5-12H,1-4H3,(H,23,26)(H,22,24,25). The molecule has 2 aromatic carbocycles. The van der Waals surface area contributed by atoms with Crippen LogP contribution < -0.4 is 20.1 Å². The molecule has 0 bridgehead atoms. The third-order valence-corrected chi connectivity index (χ3v) is 4.02. The normalized spacial score (nSPS) is 10.3. The van der Waals surface area contributed by atoms with E-state index < -0.39 is 0 Å². The van der Waals surface area contributed by atoms with Gasteiger partial charge in [-0.1, -0.05) is 6.07 Å². The van der Waals surface area contributed by atoms with E-state index in [1.807, 2.05) is 32.0 Å². The Morgan fingerprint density at radius 1 is 0.964 bits per heavy atom. The average molecular weight is 378 g/mol. The van der Waals surface area contributed by atoms with Gasteiger partial charge in [0.25, 0.3) is 5.91 Å². The van der Waals surface area contributed by atoms with E-state index in [1.54, 1.807) is 38.5 Å². The van der Waals surface area contributed by atoms with E-state index in [2.05, 4.69) is 20.6 Å². The van der Waals surface area contributed by atoms with E-state index in [1.165, 1.54) is 6.20 Å². The fraction of sp³-hybridized carbons (Fsp3) is 0.190. The largest absolute Gasteiger partial charge is 0.497 e. The highest BCUT2D eigenvalue weighted by molar-refractivity contribution is 6.03. The summed E-state index contributed by atoms with van der Waals surface area (Å²) in [5.41, 5.74) is 3.80. The zero-order valence-electron chi connectivity index (χ0n) is 16.2. The van der Waals surface area contributed by atoms with Gasteiger partial charge in [-0.3, -0.25) is 4.79 Å². The maximum atomic E-state index is 12.6. The van der Waals surface area contributed by atoms with Gasteiger partial charge in [-0.2, -0.15) is 0 Å². The monoisotopic (exact) mass is 378 g/mol. The fourth-order valence-corrected chi connectivity index (χ4v) is 2.81. The van der Waals surface area contributed by atoms with Crippen molar-refractivity contribution in [2.45, 2.75) is 13.8 Å². The molecule has 0 aliphatic rings. The van der Waals surface area contributed by atoms with Gasteiger partial charge in [0.05, 0.1) is 19.9 Å². The fourth-order valence-electron chi connectivity index (χ4n) is 2.81. The summed E-state index contributed by atoms with van der Waals surface area (Å²) < 4.78 is 10.6. The Balaban J connectivity index is 1.79. The molecule has 0 saturated carbocycles. The number of carbonyl (C=O) groups excluding carboxylic acids is 1. The molecule has 7 nitrogen and oxygen atoms in total. The first-order valence-electron chi connectivity index (χ1n) is 8.70. The Hall–Kier alpha value is -3.61. The second kappa shape index (κ2) is 8.39. The Morgan fingerprint density at radius 3 is 2.39 bits per heavy atom. The van der Waals surface area contributed by atoms with Gasteiger partial charge in [0, 0.05) is 18.0 Å². The van der Waals surface area contributed by atoms with Gasteiger partial charge in [-0.05, 0) is 55.3 Å². The maximum Gasteiger partial charge on any atom is 0.274 e. The smallest absolute Gasteiger partial charge is 0.274 e. The number of ether oxygens (including phenoxy) is 2. The van der Waals surface area contributed by atoms with Crippen molar-refractivity contribution in [2.75, 3.05) is 24.9 Å². The number of hydrogen-bond donors (Lipinski definition) is 2. The van der Waals surface area contributed by atoms with Crippen molar-refractivity contribution in [3.63, 3.8) is 0 Å². The highest BCUT2D eigenvalue weighted by Gasteiger charge is 2.12. The minimum Gasteiger partial charge on any atom is -0.497 e. The van der Waals surface area contributed by atoms with E-state index >= 15 is 0 Å². The van der Waals surface area contributed by atoms with Gasteiger partial charge < -0.3 is 20.1 Å². The third kappa shape index (κ3) is 4.56. The first-order chi connectivity index (χ1) is 13.5. The number of aromatic nitrogens is 2. The van der Waals surface area contributed by atoms with Gasteiger partial charge in [0.15, 0.2) is 0 Å². The van der Waals surface area contributed by atoms with Crippen molar-refractivity contribution < 1.29 is 14.3 Å². The first kappa shape index (κ1) is 19.2. The van der Waals surface area contributed by atoms with Gasteiger partial charge in [-0.15, -0.1) is 0 Å². The van der Waals surface area contributed by atoms with Crippen LogP contribution in [-0.2, 0) is 0 Å². The second-order valence-electron chi connectivity index (χ2n) is 6.29. The molecule has 28 heavy (non-hydrogen) atoms. The van der Waals surface area contributed by atoms with Crippen LogP contribution in [-0.4, -0.2) is 30.1 Å². The summed E-state index contributed by atoms with van der Waals surface area (Å²) in [6, 6.07) is 12.8. The lowest BCUT2D eigenvalue weighted by Crippen LogP contribution is -2.15. The lowest BCUT2D eigenvalue weighted by molar-refractivity contribution is 0.102. The number of aryl methyl sites for hydroxylation is 2. The van der Waals surface area contributed by atoms with Crippen molar-refractivity contribution in [2.24, 2.45) is 0 Å². The summed E-state index contributed by atoms with van der Waals surface area (Å²) in [7, 11) is 3.15. The molecular weight excluding hydrogens is 356 g/mol. The minimum absolute atomic E-state index is 0.254. The van der Waals surface area contributed by atoms with Crippen LogP contribution in [0.3, 0.4) is 0 Å². The van der Waals surface area contributed by atoms with Crippen LogP contribution in [0.5, 0.6) is 11.5 Å². The van der Waals surface area contributed by atoms with E-state index in [9.17, 15) is 4.79 Å². The molecule has 0 fully saturated rings. The molecular formula is C21H22N4O3. The maximum absolute atomic E-state index is 12.6. The summed E-state index contributed by atoms with van der Waals surface area (Å²) in [6.45, 7) is 3.97. The molecule has 0 radical (unpaired) electrons. The van der Waals surface area contributed by atoms with Crippen molar-refractivity contribution in [1.82, 2.24) is 9.97 Å². The summed E-state index contributed by atoms with van der Waals surface area (Å²) in [5, 5.41) is 5.94. The number of nitrogens with zero attached hydrogens (tertiary/aromatic N) is 2. The highest BCUT2D eigenvalue weighted by atomic mass is 16.5. The number of amides is 1. The molecule has 144 valence electrons. The number of hydrogen-bond acceptors (Lipinski definition) is 6. The minimum atomic E-state index is -0.308. The van der Waals surface area contributed by atoms with Gasteiger partial charge in [0.2, 0.25) is 5.95 Å². The lowest BCUT2D eigenvalue weighted by Gasteiger charge is -2.12. The van der Waals surface area contributed by atoms with Crippen LogP contribution in [0.4, 0.5) is 17.3 Å². The van der Waals surface area contributed by atoms with Gasteiger partial charge in [-0.25, -0.2) is 9.97 Å². The summed E-state index contributed by atoms with van der Waals surface area (Å²) >= 11 is 0. The van der Waals surface area contributed by atoms with Crippen LogP contribution in [0.1, 0.15) is 21.6 Å². The molecule has 0 aliphatic carbocycles. The lowest BCUT2D eigenvalue weighted by atomic mass is 10.1. The van der Waals surface area contributed by atoms with Crippen molar-refractivity contribution in [1.29, 1.82) is 0 Å². The van der Waals surface area contributed by atoms with Crippen molar-refractivity contribution in [3.8, 4) is 11.5 Å². The van der Waals surface area contributed by atoms with Crippen LogP contribution in [0.15, 0.2) is 48.7 Å². The molecule has 1 heterocycles. The van der Waals surface area contributed by atoms with Gasteiger partial charge in [0.1, 0.15) is 17.2 Å². The van der Waals surface area contributed by atoms with E-state index in [0.717, 1.165) is 16.8 Å².